The van der Waals surface area contributed by atoms with E-state index in [2.05, 4.69) is 26.7 Å². The summed E-state index contributed by atoms with van der Waals surface area (Å²) in [6.45, 7) is 4.04. The Morgan fingerprint density at radius 3 is 2.53 bits per heavy atom. The van der Waals surface area contributed by atoms with Gasteiger partial charge in [-0.25, -0.2) is 8.42 Å². The molecule has 0 aliphatic carbocycles. The highest BCUT2D eigenvalue weighted by Gasteiger charge is 2.33. The molecule has 4 aromatic rings. The Labute approximate surface area is 251 Å². The lowest BCUT2D eigenvalue weighted by atomic mass is 10.1. The minimum absolute atomic E-state index is 0.0163. The third kappa shape index (κ3) is 6.45. The lowest BCUT2D eigenvalue weighted by Gasteiger charge is -2.24. The van der Waals surface area contributed by atoms with Crippen LogP contribution in [0.5, 0.6) is 0 Å². The number of hydrogen-bond acceptors (Lipinski definition) is 5. The molecular weight excluding hydrogens is 603 g/mol. The number of amides is 1. The van der Waals surface area contributed by atoms with E-state index in [4.69, 9.17) is 11.6 Å². The van der Waals surface area contributed by atoms with Gasteiger partial charge in [0, 0.05) is 29.8 Å². The number of benzene rings is 3. The second kappa shape index (κ2) is 12.2. The molecule has 3 aromatic carbocycles. The van der Waals surface area contributed by atoms with Crippen molar-refractivity contribution in [2.75, 3.05) is 16.2 Å². The first-order chi connectivity index (χ1) is 20.5. The van der Waals surface area contributed by atoms with E-state index in [0.717, 1.165) is 78.0 Å². The lowest BCUT2D eigenvalue weighted by molar-refractivity contribution is -0.137. The number of sulfonamides is 1. The Balaban J connectivity index is 1.39. The third-order valence-electron chi connectivity index (χ3n) is 7.03. The van der Waals surface area contributed by atoms with Crippen LogP contribution >= 0.6 is 11.6 Å². The fourth-order valence-electron chi connectivity index (χ4n) is 4.86. The zero-order valence-corrected chi connectivity index (χ0v) is 24.4. The minimum Gasteiger partial charge on any atom is -0.322 e. The van der Waals surface area contributed by atoms with E-state index in [1.54, 1.807) is 12.1 Å². The van der Waals surface area contributed by atoms with Crippen molar-refractivity contribution in [3.8, 4) is 11.4 Å². The summed E-state index contributed by atoms with van der Waals surface area (Å²) >= 11 is 6.25. The molecule has 1 aliphatic heterocycles. The van der Waals surface area contributed by atoms with Crippen molar-refractivity contribution >= 4 is 38.9 Å². The van der Waals surface area contributed by atoms with Gasteiger partial charge in [-0.05, 0) is 73.5 Å². The van der Waals surface area contributed by atoms with E-state index in [0.29, 0.717) is 5.69 Å². The fourth-order valence-corrected chi connectivity index (χ4v) is 6.79. The highest BCUT2D eigenvalue weighted by Crippen LogP contribution is 2.35. The average Bonchev–Trinajstić information content (AvgIpc) is 3.23. The number of fused-ring (bicyclic) bond motifs is 1. The molecule has 1 N–H and O–H groups in total. The summed E-state index contributed by atoms with van der Waals surface area (Å²) in [5, 5.41) is 11.2. The number of carbonyl (C=O) groups is 1. The van der Waals surface area contributed by atoms with E-state index in [1.807, 2.05) is 12.1 Å². The van der Waals surface area contributed by atoms with Crippen molar-refractivity contribution in [2.24, 2.45) is 0 Å². The van der Waals surface area contributed by atoms with Crippen LogP contribution in [0.1, 0.15) is 41.0 Å². The van der Waals surface area contributed by atoms with Crippen LogP contribution in [0.25, 0.3) is 11.4 Å². The number of aromatic nitrogens is 3. The largest absolute Gasteiger partial charge is 0.416 e. The van der Waals surface area contributed by atoms with Gasteiger partial charge in [0.25, 0.3) is 15.9 Å². The highest BCUT2D eigenvalue weighted by molar-refractivity contribution is 7.93. The fraction of sp³-hybridized carbons (Fsp3) is 0.233. The summed E-state index contributed by atoms with van der Waals surface area (Å²) < 4.78 is 70.2. The normalized spacial score (nSPS) is 13.6. The molecule has 224 valence electrons. The van der Waals surface area contributed by atoms with E-state index in [9.17, 15) is 26.4 Å². The molecule has 2 heterocycles. The van der Waals surface area contributed by atoms with Crippen molar-refractivity contribution in [3.63, 3.8) is 0 Å². The van der Waals surface area contributed by atoms with Crippen molar-refractivity contribution in [3.05, 3.63) is 101 Å². The second-order valence-electron chi connectivity index (χ2n) is 9.95. The maximum atomic E-state index is 13.7. The van der Waals surface area contributed by atoms with Gasteiger partial charge in [-0.3, -0.25) is 9.10 Å². The van der Waals surface area contributed by atoms with Gasteiger partial charge >= 0.3 is 6.18 Å². The molecule has 5 rings (SSSR count). The number of rotatable bonds is 8. The number of aryl methyl sites for hydroxylation is 1. The predicted molar refractivity (Wildman–Crippen MR) is 159 cm³/mol. The van der Waals surface area contributed by atoms with Crippen molar-refractivity contribution in [1.29, 1.82) is 0 Å². The summed E-state index contributed by atoms with van der Waals surface area (Å²) in [7, 11) is -4.51. The minimum atomic E-state index is -4.68. The van der Waals surface area contributed by atoms with Crippen LogP contribution in [0.15, 0.2) is 84.3 Å². The van der Waals surface area contributed by atoms with Gasteiger partial charge < -0.3 is 9.88 Å². The molecule has 13 heteroatoms. The van der Waals surface area contributed by atoms with Crippen LogP contribution in [0.3, 0.4) is 0 Å². The van der Waals surface area contributed by atoms with Crippen LogP contribution in [0.2, 0.25) is 5.02 Å². The average molecular weight is 630 g/mol. The number of hydrogen-bond donors (Lipinski definition) is 1. The third-order valence-corrected chi connectivity index (χ3v) is 9.30. The summed E-state index contributed by atoms with van der Waals surface area (Å²) in [6, 6.07) is 14.7. The van der Waals surface area contributed by atoms with Crippen LogP contribution in [-0.4, -0.2) is 35.6 Å². The maximum Gasteiger partial charge on any atom is 0.416 e. The zero-order chi connectivity index (χ0) is 30.8. The quantitative estimate of drug-likeness (QED) is 0.212. The molecule has 0 fully saturated rings. The monoisotopic (exact) mass is 629 g/mol. The smallest absolute Gasteiger partial charge is 0.322 e. The Kier molecular flexibility index (Phi) is 8.61. The van der Waals surface area contributed by atoms with E-state index in [-0.39, 0.29) is 22.8 Å². The first-order valence-electron chi connectivity index (χ1n) is 13.4. The molecule has 0 saturated carbocycles. The molecule has 1 amide bonds. The van der Waals surface area contributed by atoms with Gasteiger partial charge in [0.2, 0.25) is 0 Å². The van der Waals surface area contributed by atoms with E-state index < -0.39 is 32.6 Å². The molecule has 0 radical (unpaired) electrons. The summed E-state index contributed by atoms with van der Waals surface area (Å²) in [5.74, 6) is 1.11. The van der Waals surface area contributed by atoms with Crippen molar-refractivity contribution in [1.82, 2.24) is 14.8 Å². The van der Waals surface area contributed by atoms with Gasteiger partial charge in [0.15, 0.2) is 5.82 Å². The first kappa shape index (κ1) is 30.3. The molecule has 1 aliphatic rings. The summed E-state index contributed by atoms with van der Waals surface area (Å²) in [5.41, 5.74) is 0.0398. The number of halogens is 4. The predicted octanol–water partition coefficient (Wildman–Crippen LogP) is 6.98. The van der Waals surface area contributed by atoms with Crippen LogP contribution < -0.4 is 9.62 Å². The number of nitrogens with zero attached hydrogens (tertiary/aromatic N) is 4. The topological polar surface area (TPSA) is 97.2 Å². The highest BCUT2D eigenvalue weighted by atomic mass is 35.5. The molecule has 0 bridgehead atoms. The van der Waals surface area contributed by atoms with E-state index >= 15 is 0 Å². The van der Waals surface area contributed by atoms with E-state index in [1.165, 1.54) is 24.3 Å². The number of carbonyl (C=O) groups excluding carboxylic acids is 1. The molecule has 0 saturated heterocycles. The van der Waals surface area contributed by atoms with Crippen molar-refractivity contribution < 1.29 is 26.4 Å². The Morgan fingerprint density at radius 2 is 1.81 bits per heavy atom. The Bertz CT molecular complexity index is 1770. The molecule has 8 nitrogen and oxygen atoms in total. The van der Waals surface area contributed by atoms with Crippen LogP contribution in [-0.2, 0) is 29.2 Å². The second-order valence-corrected chi connectivity index (χ2v) is 12.2. The van der Waals surface area contributed by atoms with Gasteiger partial charge in [0.05, 0.1) is 22.8 Å². The molecule has 0 spiro atoms. The number of nitrogens with one attached hydrogen (secondary N) is 1. The van der Waals surface area contributed by atoms with Crippen LogP contribution in [0.4, 0.5) is 24.5 Å². The van der Waals surface area contributed by atoms with Crippen LogP contribution in [0, 0.1) is 0 Å². The number of anilines is 2. The maximum absolute atomic E-state index is 13.7. The molecule has 1 aromatic heterocycles. The van der Waals surface area contributed by atoms with Gasteiger partial charge in [0.1, 0.15) is 10.7 Å². The lowest BCUT2D eigenvalue weighted by Crippen LogP contribution is -2.32. The standard InChI is InChI=1S/C30H27ClF3N5O3S/c1-2-16-39(24-8-6-7-22(19-24)30(32,33)34)43(41,42)26-18-21(12-15-25(26)31)29(40)35-23-13-10-20(11-14-23)28-37-36-27-9-4-3-5-17-38(27)28/h2,6-8,10-15,18-19H,1,3-5,9,16-17H2,(H,35,40). The first-order valence-corrected chi connectivity index (χ1v) is 15.2. The zero-order valence-electron chi connectivity index (χ0n) is 22.8. The van der Waals surface area contributed by atoms with Gasteiger partial charge in [-0.1, -0.05) is 30.2 Å². The number of alkyl halides is 3. The molecule has 0 atom stereocenters. The Morgan fingerprint density at radius 1 is 1.05 bits per heavy atom. The molecular formula is C30H27ClF3N5O3S. The van der Waals surface area contributed by atoms with Crippen molar-refractivity contribution in [2.45, 2.75) is 43.3 Å². The summed E-state index contributed by atoms with van der Waals surface area (Å²) in [6.07, 6.45) is 0.708. The molecule has 43 heavy (non-hydrogen) atoms. The molecule has 0 unspecified atom stereocenters. The SMILES string of the molecule is C=CCN(c1cccc(C(F)(F)F)c1)S(=O)(=O)c1cc(C(=O)Nc2ccc(-c3nnc4n3CCCCC4)cc2)ccc1Cl. The van der Waals surface area contributed by atoms with Gasteiger partial charge in [-0.2, -0.15) is 13.2 Å². The Hall–Kier alpha value is -4.16. The summed E-state index contributed by atoms with van der Waals surface area (Å²) in [4.78, 5) is 12.7. The van der Waals surface area contributed by atoms with Gasteiger partial charge in [-0.15, -0.1) is 16.8 Å².